The van der Waals surface area contributed by atoms with Crippen LogP contribution in [0.1, 0.15) is 31.2 Å². The summed E-state index contributed by atoms with van der Waals surface area (Å²) < 4.78 is 0. The van der Waals surface area contributed by atoms with Crippen LogP contribution in [-0.4, -0.2) is 37.5 Å². The highest BCUT2D eigenvalue weighted by Gasteiger charge is 2.19. The van der Waals surface area contributed by atoms with E-state index in [2.05, 4.69) is 24.1 Å². The molecular weight excluding hydrogens is 272 g/mol. The second-order valence-corrected chi connectivity index (χ2v) is 6.20. The molecule has 2 atom stereocenters. The van der Waals surface area contributed by atoms with Crippen molar-refractivity contribution in [3.63, 3.8) is 0 Å². The molecule has 0 aliphatic carbocycles. The smallest absolute Gasteiger partial charge is 0.242 e. The molecule has 1 aromatic rings. The van der Waals surface area contributed by atoms with Crippen molar-refractivity contribution in [2.24, 2.45) is 5.92 Å². The fourth-order valence-corrected chi connectivity index (χ4v) is 2.32. The number of carbonyl (C=O) groups excluding carboxylic acids is 1. The number of alkyl halides is 1. The van der Waals surface area contributed by atoms with Crippen molar-refractivity contribution in [2.45, 2.75) is 31.7 Å². The normalized spacial score (nSPS) is 14.3. The zero-order valence-electron chi connectivity index (χ0n) is 12.8. The number of nitrogens with zero attached hydrogens (tertiary/aromatic N) is 1. The standard InChI is InChI=1S/C16H25ClN2O/c1-12(2)10-14(19(3)4)11-18-16(20)15(17)13-8-6-5-7-9-13/h5-9,12,14-15H,10-11H2,1-4H3,(H,18,20). The number of likely N-dealkylation sites (N-methyl/N-ethyl adjacent to an activating group) is 1. The Hall–Kier alpha value is -1.06. The lowest BCUT2D eigenvalue weighted by Crippen LogP contribution is -2.41. The zero-order chi connectivity index (χ0) is 15.1. The number of nitrogens with one attached hydrogen (secondary N) is 1. The molecule has 0 aliphatic heterocycles. The molecule has 1 amide bonds. The lowest BCUT2D eigenvalue weighted by molar-refractivity contribution is -0.121. The lowest BCUT2D eigenvalue weighted by Gasteiger charge is -2.26. The van der Waals surface area contributed by atoms with Crippen molar-refractivity contribution in [1.29, 1.82) is 0 Å². The van der Waals surface area contributed by atoms with Crippen molar-refractivity contribution < 1.29 is 4.79 Å². The van der Waals surface area contributed by atoms with E-state index in [9.17, 15) is 4.79 Å². The van der Waals surface area contributed by atoms with Gasteiger partial charge in [0.05, 0.1) is 0 Å². The van der Waals surface area contributed by atoms with E-state index in [0.717, 1.165) is 12.0 Å². The van der Waals surface area contributed by atoms with E-state index >= 15 is 0 Å². The summed E-state index contributed by atoms with van der Waals surface area (Å²) in [6.07, 6.45) is 1.05. The van der Waals surface area contributed by atoms with E-state index in [0.29, 0.717) is 18.5 Å². The molecule has 0 heterocycles. The molecule has 0 spiro atoms. The van der Waals surface area contributed by atoms with Crippen molar-refractivity contribution >= 4 is 17.5 Å². The van der Waals surface area contributed by atoms with Gasteiger partial charge in [-0.3, -0.25) is 4.79 Å². The Morgan fingerprint density at radius 1 is 1.25 bits per heavy atom. The van der Waals surface area contributed by atoms with Crippen LogP contribution in [0.4, 0.5) is 0 Å². The van der Waals surface area contributed by atoms with Crippen LogP contribution in [0.3, 0.4) is 0 Å². The number of halogens is 1. The van der Waals surface area contributed by atoms with Crippen LogP contribution in [0.25, 0.3) is 0 Å². The second-order valence-electron chi connectivity index (χ2n) is 5.77. The third-order valence-electron chi connectivity index (χ3n) is 3.31. The first-order chi connectivity index (χ1) is 9.41. The summed E-state index contributed by atoms with van der Waals surface area (Å²) in [5, 5.41) is 2.33. The van der Waals surface area contributed by atoms with Crippen molar-refractivity contribution in [2.75, 3.05) is 20.6 Å². The van der Waals surface area contributed by atoms with E-state index in [1.807, 2.05) is 44.4 Å². The summed E-state index contributed by atoms with van der Waals surface area (Å²) in [5.41, 5.74) is 0.830. The summed E-state index contributed by atoms with van der Waals surface area (Å²) in [6, 6.07) is 9.76. The summed E-state index contributed by atoms with van der Waals surface area (Å²) in [5.74, 6) is 0.466. The molecule has 0 bridgehead atoms. The van der Waals surface area contributed by atoms with Gasteiger partial charge in [0.1, 0.15) is 5.38 Å². The van der Waals surface area contributed by atoms with Gasteiger partial charge < -0.3 is 10.2 Å². The van der Waals surface area contributed by atoms with Crippen molar-refractivity contribution in [3.8, 4) is 0 Å². The third-order valence-corrected chi connectivity index (χ3v) is 3.76. The molecule has 112 valence electrons. The van der Waals surface area contributed by atoms with Gasteiger partial charge in [0.15, 0.2) is 0 Å². The third kappa shape index (κ3) is 5.51. The number of amides is 1. The predicted octanol–water partition coefficient (Wildman–Crippen LogP) is 3.06. The SMILES string of the molecule is CC(C)CC(CNC(=O)C(Cl)c1ccccc1)N(C)C. The van der Waals surface area contributed by atoms with Gasteiger partial charge in [-0.25, -0.2) is 0 Å². The Morgan fingerprint density at radius 2 is 1.85 bits per heavy atom. The van der Waals surface area contributed by atoms with Crippen LogP contribution < -0.4 is 5.32 Å². The van der Waals surface area contributed by atoms with E-state index in [-0.39, 0.29) is 5.91 Å². The van der Waals surface area contributed by atoms with Crippen LogP contribution in [-0.2, 0) is 4.79 Å². The molecule has 2 unspecified atom stereocenters. The fourth-order valence-electron chi connectivity index (χ4n) is 2.10. The molecule has 0 radical (unpaired) electrons. The van der Waals surface area contributed by atoms with Gasteiger partial charge >= 0.3 is 0 Å². The monoisotopic (exact) mass is 296 g/mol. The zero-order valence-corrected chi connectivity index (χ0v) is 13.5. The molecule has 20 heavy (non-hydrogen) atoms. The quantitative estimate of drug-likeness (QED) is 0.784. The molecule has 3 nitrogen and oxygen atoms in total. The van der Waals surface area contributed by atoms with Crippen LogP contribution >= 0.6 is 11.6 Å². The highest BCUT2D eigenvalue weighted by Crippen LogP contribution is 2.20. The molecule has 1 aromatic carbocycles. The molecule has 4 heteroatoms. The number of hydrogen-bond acceptors (Lipinski definition) is 2. The Balaban J connectivity index is 2.53. The molecule has 0 fully saturated rings. The summed E-state index contributed by atoms with van der Waals surface area (Å²) in [6.45, 7) is 5.00. The van der Waals surface area contributed by atoms with Gasteiger partial charge in [-0.05, 0) is 32.0 Å². The Bertz CT molecular complexity index is 406. The minimum Gasteiger partial charge on any atom is -0.353 e. The number of benzene rings is 1. The maximum Gasteiger partial charge on any atom is 0.242 e. The fraction of sp³-hybridized carbons (Fsp3) is 0.562. The van der Waals surface area contributed by atoms with Crippen LogP contribution in [0, 0.1) is 5.92 Å². The Morgan fingerprint density at radius 3 is 2.35 bits per heavy atom. The van der Waals surface area contributed by atoms with E-state index in [1.165, 1.54) is 0 Å². The highest BCUT2D eigenvalue weighted by atomic mass is 35.5. The van der Waals surface area contributed by atoms with Gasteiger partial charge in [0.25, 0.3) is 0 Å². The average Bonchev–Trinajstić information content (AvgIpc) is 2.42. The number of rotatable bonds is 7. The first-order valence-electron chi connectivity index (χ1n) is 7.05. The molecule has 0 saturated carbocycles. The highest BCUT2D eigenvalue weighted by molar-refractivity contribution is 6.30. The average molecular weight is 297 g/mol. The minimum absolute atomic E-state index is 0.131. The molecule has 1 rings (SSSR count). The number of carbonyl (C=O) groups is 1. The Kier molecular flexibility index (Phi) is 7.03. The molecule has 0 saturated heterocycles. The summed E-state index contributed by atoms with van der Waals surface area (Å²) in [7, 11) is 4.07. The van der Waals surface area contributed by atoms with E-state index in [4.69, 9.17) is 11.6 Å². The first kappa shape index (κ1) is 17.0. The van der Waals surface area contributed by atoms with Gasteiger partial charge in [0.2, 0.25) is 5.91 Å². The van der Waals surface area contributed by atoms with Crippen LogP contribution in [0.15, 0.2) is 30.3 Å². The van der Waals surface area contributed by atoms with Gasteiger partial charge in [-0.1, -0.05) is 44.2 Å². The molecular formula is C16H25ClN2O. The second kappa shape index (κ2) is 8.28. The molecule has 1 N–H and O–H groups in total. The van der Waals surface area contributed by atoms with Gasteiger partial charge in [-0.15, -0.1) is 11.6 Å². The van der Waals surface area contributed by atoms with Gasteiger partial charge in [0, 0.05) is 12.6 Å². The van der Waals surface area contributed by atoms with Crippen molar-refractivity contribution in [1.82, 2.24) is 10.2 Å². The maximum atomic E-state index is 12.1. The predicted molar refractivity (Wildman–Crippen MR) is 85.0 cm³/mol. The Labute approximate surface area is 127 Å². The first-order valence-corrected chi connectivity index (χ1v) is 7.48. The maximum absolute atomic E-state index is 12.1. The summed E-state index contributed by atoms with van der Waals surface area (Å²) >= 11 is 6.20. The lowest BCUT2D eigenvalue weighted by atomic mass is 10.0. The van der Waals surface area contributed by atoms with Crippen molar-refractivity contribution in [3.05, 3.63) is 35.9 Å². The molecule has 0 aliphatic rings. The summed E-state index contributed by atoms with van der Waals surface area (Å²) in [4.78, 5) is 14.2. The topological polar surface area (TPSA) is 32.3 Å². The van der Waals surface area contributed by atoms with Crippen LogP contribution in [0.5, 0.6) is 0 Å². The molecule has 0 aromatic heterocycles. The van der Waals surface area contributed by atoms with E-state index in [1.54, 1.807) is 0 Å². The van der Waals surface area contributed by atoms with Crippen LogP contribution in [0.2, 0.25) is 0 Å². The van der Waals surface area contributed by atoms with E-state index < -0.39 is 5.38 Å². The number of hydrogen-bond donors (Lipinski definition) is 1. The largest absolute Gasteiger partial charge is 0.353 e. The van der Waals surface area contributed by atoms with Gasteiger partial charge in [-0.2, -0.15) is 0 Å². The minimum atomic E-state index is -0.627.